The number of hydrogen-bond acceptors (Lipinski definition) is 3. The Morgan fingerprint density at radius 3 is 2.73 bits per heavy atom. The molecule has 4 nitrogen and oxygen atoms in total. The molecule has 1 aromatic rings. The van der Waals surface area contributed by atoms with Gasteiger partial charge in [0.2, 0.25) is 5.91 Å². The number of carbonyl (C=O) groups is 2. The first-order valence-electron chi connectivity index (χ1n) is 7.85. The van der Waals surface area contributed by atoms with Crippen molar-refractivity contribution in [3.8, 4) is 0 Å². The molecular weight excluding hydrogens is 278 g/mol. The van der Waals surface area contributed by atoms with Crippen molar-refractivity contribution >= 4 is 12.0 Å². The van der Waals surface area contributed by atoms with Gasteiger partial charge in [0.05, 0.1) is 6.04 Å². The van der Waals surface area contributed by atoms with Crippen molar-refractivity contribution in [3.63, 3.8) is 0 Å². The summed E-state index contributed by atoms with van der Waals surface area (Å²) in [6, 6.07) is 9.69. The number of cyclic esters (lactones) is 1. The van der Waals surface area contributed by atoms with E-state index < -0.39 is 6.09 Å². The third-order valence-electron chi connectivity index (χ3n) is 4.44. The molecule has 2 atom stereocenters. The van der Waals surface area contributed by atoms with E-state index in [-0.39, 0.29) is 24.5 Å². The standard InChI is InChI=1S/C18H21NO3/c1-2-6-16(14-9-10-14)17(20)19-15(12-22-18(19)21)11-13-7-4-3-5-8-13/h2-5,7-8,14-16H,1,6,9-12H2/t15-,16-/m0/s1. The zero-order valence-electron chi connectivity index (χ0n) is 12.6. The molecule has 0 radical (unpaired) electrons. The van der Waals surface area contributed by atoms with Gasteiger partial charge in [0.25, 0.3) is 0 Å². The van der Waals surface area contributed by atoms with Crippen LogP contribution in [0.4, 0.5) is 4.79 Å². The summed E-state index contributed by atoms with van der Waals surface area (Å²) in [6.45, 7) is 4.02. The fraction of sp³-hybridized carbons (Fsp3) is 0.444. The highest BCUT2D eigenvalue weighted by Gasteiger charge is 2.44. The van der Waals surface area contributed by atoms with Gasteiger partial charge in [-0.3, -0.25) is 4.79 Å². The molecule has 1 aliphatic carbocycles. The summed E-state index contributed by atoms with van der Waals surface area (Å²) in [4.78, 5) is 26.2. The molecule has 0 spiro atoms. The van der Waals surface area contributed by atoms with Crippen LogP contribution in [-0.4, -0.2) is 29.5 Å². The Labute approximate surface area is 130 Å². The van der Waals surface area contributed by atoms with Gasteiger partial charge in [-0.2, -0.15) is 0 Å². The predicted molar refractivity (Wildman–Crippen MR) is 83.2 cm³/mol. The van der Waals surface area contributed by atoms with E-state index in [0.717, 1.165) is 18.4 Å². The number of hydrogen-bond donors (Lipinski definition) is 0. The average molecular weight is 299 g/mol. The van der Waals surface area contributed by atoms with Crippen LogP contribution in [0.25, 0.3) is 0 Å². The highest BCUT2D eigenvalue weighted by molar-refractivity contribution is 5.95. The Morgan fingerprint density at radius 2 is 2.09 bits per heavy atom. The van der Waals surface area contributed by atoms with Crippen LogP contribution < -0.4 is 0 Å². The third kappa shape index (κ3) is 3.06. The maximum Gasteiger partial charge on any atom is 0.416 e. The molecule has 1 heterocycles. The second-order valence-corrected chi connectivity index (χ2v) is 6.10. The highest BCUT2D eigenvalue weighted by atomic mass is 16.6. The highest BCUT2D eigenvalue weighted by Crippen LogP contribution is 2.40. The fourth-order valence-corrected chi connectivity index (χ4v) is 3.12. The zero-order chi connectivity index (χ0) is 15.5. The lowest BCUT2D eigenvalue weighted by Crippen LogP contribution is -2.44. The van der Waals surface area contributed by atoms with Crippen molar-refractivity contribution in [2.45, 2.75) is 31.7 Å². The van der Waals surface area contributed by atoms with E-state index in [1.54, 1.807) is 6.08 Å². The van der Waals surface area contributed by atoms with E-state index in [9.17, 15) is 9.59 Å². The van der Waals surface area contributed by atoms with Crippen LogP contribution in [0.15, 0.2) is 43.0 Å². The number of nitrogens with zero attached hydrogens (tertiary/aromatic N) is 1. The second-order valence-electron chi connectivity index (χ2n) is 6.10. The molecule has 1 saturated carbocycles. The van der Waals surface area contributed by atoms with Crippen LogP contribution >= 0.6 is 0 Å². The Hall–Kier alpha value is -2.10. The van der Waals surface area contributed by atoms with Gasteiger partial charge in [-0.25, -0.2) is 9.69 Å². The first kappa shape index (κ1) is 14.8. The second kappa shape index (κ2) is 6.34. The summed E-state index contributed by atoms with van der Waals surface area (Å²) >= 11 is 0. The number of benzene rings is 1. The fourth-order valence-electron chi connectivity index (χ4n) is 3.12. The molecule has 22 heavy (non-hydrogen) atoms. The number of allylic oxidation sites excluding steroid dienone is 1. The predicted octanol–water partition coefficient (Wildman–Crippen LogP) is 3.18. The molecule has 2 amide bonds. The van der Waals surface area contributed by atoms with E-state index in [2.05, 4.69) is 6.58 Å². The maximum absolute atomic E-state index is 12.8. The first-order chi connectivity index (χ1) is 10.7. The van der Waals surface area contributed by atoms with Crippen LogP contribution in [0.3, 0.4) is 0 Å². The molecule has 2 aliphatic rings. The van der Waals surface area contributed by atoms with Crippen LogP contribution in [-0.2, 0) is 16.0 Å². The van der Waals surface area contributed by atoms with Crippen LogP contribution in [0.2, 0.25) is 0 Å². The summed E-state index contributed by atoms with van der Waals surface area (Å²) in [5.41, 5.74) is 1.11. The van der Waals surface area contributed by atoms with Gasteiger partial charge in [-0.05, 0) is 37.2 Å². The molecule has 0 unspecified atom stereocenters. The van der Waals surface area contributed by atoms with Crippen LogP contribution in [0.5, 0.6) is 0 Å². The van der Waals surface area contributed by atoms with Gasteiger partial charge in [-0.15, -0.1) is 6.58 Å². The lowest BCUT2D eigenvalue weighted by molar-refractivity contribution is -0.134. The number of rotatable bonds is 6. The van der Waals surface area contributed by atoms with Crippen molar-refractivity contribution in [2.24, 2.45) is 11.8 Å². The Morgan fingerprint density at radius 1 is 1.36 bits per heavy atom. The van der Waals surface area contributed by atoms with Crippen LogP contribution in [0, 0.1) is 11.8 Å². The summed E-state index contributed by atoms with van der Waals surface area (Å²) < 4.78 is 5.14. The Kier molecular flexibility index (Phi) is 4.27. The molecule has 2 fully saturated rings. The van der Waals surface area contributed by atoms with Crippen molar-refractivity contribution in [1.82, 2.24) is 4.90 Å². The largest absolute Gasteiger partial charge is 0.447 e. The van der Waals surface area contributed by atoms with Crippen molar-refractivity contribution in [1.29, 1.82) is 0 Å². The third-order valence-corrected chi connectivity index (χ3v) is 4.44. The van der Waals surface area contributed by atoms with Gasteiger partial charge >= 0.3 is 6.09 Å². The van der Waals surface area contributed by atoms with Gasteiger partial charge in [0.15, 0.2) is 0 Å². The zero-order valence-corrected chi connectivity index (χ0v) is 12.6. The smallest absolute Gasteiger partial charge is 0.416 e. The van der Waals surface area contributed by atoms with Gasteiger partial charge in [0, 0.05) is 5.92 Å². The minimum Gasteiger partial charge on any atom is -0.447 e. The SMILES string of the molecule is C=CC[C@H](C(=O)N1C(=O)OC[C@@H]1Cc1ccccc1)C1CC1. The first-order valence-corrected chi connectivity index (χ1v) is 7.85. The van der Waals surface area contributed by atoms with E-state index in [4.69, 9.17) is 4.74 Å². The molecule has 116 valence electrons. The van der Waals surface area contributed by atoms with Crippen molar-refractivity contribution in [3.05, 3.63) is 48.6 Å². The number of carbonyl (C=O) groups excluding carboxylic acids is 2. The maximum atomic E-state index is 12.8. The molecule has 0 bridgehead atoms. The number of ether oxygens (including phenoxy) is 1. The van der Waals surface area contributed by atoms with Gasteiger partial charge < -0.3 is 4.74 Å². The lowest BCUT2D eigenvalue weighted by Gasteiger charge is -2.24. The molecule has 1 aliphatic heterocycles. The minimum absolute atomic E-state index is 0.0918. The van der Waals surface area contributed by atoms with E-state index in [0.29, 0.717) is 18.8 Å². The lowest BCUT2D eigenvalue weighted by atomic mass is 9.96. The molecule has 3 rings (SSSR count). The number of imide groups is 1. The Bertz CT molecular complexity index is 565. The van der Waals surface area contributed by atoms with Gasteiger partial charge in [0.1, 0.15) is 6.61 Å². The molecule has 0 N–H and O–H groups in total. The molecule has 4 heteroatoms. The molecule has 0 aromatic heterocycles. The van der Waals surface area contributed by atoms with E-state index in [1.807, 2.05) is 30.3 Å². The summed E-state index contributed by atoms with van der Waals surface area (Å²) in [5, 5.41) is 0. The van der Waals surface area contributed by atoms with Crippen LogP contribution in [0.1, 0.15) is 24.8 Å². The summed E-state index contributed by atoms with van der Waals surface area (Å²) in [7, 11) is 0. The van der Waals surface area contributed by atoms with E-state index >= 15 is 0 Å². The Balaban J connectivity index is 1.75. The average Bonchev–Trinajstić information content (AvgIpc) is 3.30. The topological polar surface area (TPSA) is 46.6 Å². The van der Waals surface area contributed by atoms with E-state index in [1.165, 1.54) is 4.90 Å². The monoisotopic (exact) mass is 299 g/mol. The van der Waals surface area contributed by atoms with Gasteiger partial charge in [-0.1, -0.05) is 36.4 Å². The summed E-state index contributed by atoms with van der Waals surface area (Å²) in [5.74, 6) is 0.184. The quantitative estimate of drug-likeness (QED) is 0.758. The van der Waals surface area contributed by atoms with Crippen molar-refractivity contribution in [2.75, 3.05) is 6.61 Å². The minimum atomic E-state index is -0.499. The normalized spacial score (nSPS) is 22.3. The molecule has 1 saturated heterocycles. The number of amides is 2. The van der Waals surface area contributed by atoms with Crippen molar-refractivity contribution < 1.29 is 14.3 Å². The molecule has 1 aromatic carbocycles. The molecular formula is C18H21NO3. The summed E-state index contributed by atoms with van der Waals surface area (Å²) in [6.07, 6.45) is 4.68.